The molecule has 3 heteroatoms. The Kier molecular flexibility index (Phi) is 3.39. The van der Waals surface area contributed by atoms with Crippen LogP contribution < -0.4 is 0 Å². The second-order valence-corrected chi connectivity index (χ2v) is 4.27. The van der Waals surface area contributed by atoms with Gasteiger partial charge >= 0.3 is 0 Å². The number of benzene rings is 1. The average Bonchev–Trinajstić information content (AvgIpc) is 2.28. The second kappa shape index (κ2) is 4.77. The summed E-state index contributed by atoms with van der Waals surface area (Å²) in [5.74, 6) is 0.502. The summed E-state index contributed by atoms with van der Waals surface area (Å²) in [6, 6.07) is 8.14. The highest BCUT2D eigenvalue weighted by Crippen LogP contribution is 2.28. The maximum atomic E-state index is 5.68. The van der Waals surface area contributed by atoms with Crippen LogP contribution >= 0.6 is 27.5 Å². The van der Waals surface area contributed by atoms with E-state index in [4.69, 9.17) is 11.6 Å². The lowest BCUT2D eigenvalue weighted by molar-refractivity contribution is 1.36. The van der Waals surface area contributed by atoms with E-state index in [1.165, 1.54) is 5.39 Å². The molecule has 0 N–H and O–H groups in total. The molecule has 2 rings (SSSR count). The summed E-state index contributed by atoms with van der Waals surface area (Å²) in [6.07, 6.45) is 5.60. The molecule has 0 bridgehead atoms. The van der Waals surface area contributed by atoms with Crippen LogP contribution in [-0.4, -0.2) is 10.9 Å². The van der Waals surface area contributed by atoms with Gasteiger partial charge in [0.15, 0.2) is 0 Å². The van der Waals surface area contributed by atoms with Gasteiger partial charge in [0.2, 0.25) is 0 Å². The van der Waals surface area contributed by atoms with Gasteiger partial charge in [-0.15, -0.1) is 11.6 Å². The number of alkyl halides is 1. The van der Waals surface area contributed by atoms with Crippen molar-refractivity contribution in [2.45, 2.75) is 0 Å². The summed E-state index contributed by atoms with van der Waals surface area (Å²) in [6.45, 7) is 0. The van der Waals surface area contributed by atoms with Gasteiger partial charge in [-0.25, -0.2) is 0 Å². The fourth-order valence-corrected chi connectivity index (χ4v) is 2.36. The van der Waals surface area contributed by atoms with Crippen LogP contribution in [-0.2, 0) is 0 Å². The maximum Gasteiger partial charge on any atom is 0.0418 e. The fraction of sp³-hybridized carbons (Fsp3) is 0.0833. The largest absolute Gasteiger partial charge is 0.264 e. The number of hydrogen-bond acceptors (Lipinski definition) is 1. The molecule has 15 heavy (non-hydrogen) atoms. The molecule has 0 aliphatic heterocycles. The van der Waals surface area contributed by atoms with Crippen molar-refractivity contribution in [1.82, 2.24) is 4.98 Å². The van der Waals surface area contributed by atoms with Crippen molar-refractivity contribution in [1.29, 1.82) is 0 Å². The standard InChI is InChI=1S/C12H9BrClN/c13-12(4-6-14)11-3-1-2-9-8-15-7-5-10(9)11/h1-5,7-8H,6H2. The van der Waals surface area contributed by atoms with Crippen molar-refractivity contribution < 1.29 is 0 Å². The maximum absolute atomic E-state index is 5.68. The molecule has 0 atom stereocenters. The first-order valence-electron chi connectivity index (χ1n) is 4.57. The van der Waals surface area contributed by atoms with E-state index in [-0.39, 0.29) is 0 Å². The second-order valence-electron chi connectivity index (χ2n) is 3.11. The Morgan fingerprint density at radius 3 is 3.07 bits per heavy atom. The van der Waals surface area contributed by atoms with Gasteiger partial charge in [-0.1, -0.05) is 40.2 Å². The normalized spacial score (nSPS) is 12.0. The molecular formula is C12H9BrClN. The Balaban J connectivity index is 2.66. The minimum Gasteiger partial charge on any atom is -0.264 e. The highest BCUT2D eigenvalue weighted by molar-refractivity contribution is 9.15. The molecule has 1 heterocycles. The Morgan fingerprint density at radius 2 is 2.27 bits per heavy atom. The third-order valence-corrected chi connectivity index (χ3v) is 3.10. The van der Waals surface area contributed by atoms with E-state index in [1.54, 1.807) is 6.20 Å². The molecular weight excluding hydrogens is 273 g/mol. The zero-order valence-electron chi connectivity index (χ0n) is 7.95. The van der Waals surface area contributed by atoms with Gasteiger partial charge < -0.3 is 0 Å². The number of pyridine rings is 1. The first-order chi connectivity index (χ1) is 7.33. The van der Waals surface area contributed by atoms with Crippen LogP contribution in [0.25, 0.3) is 15.3 Å². The minimum absolute atomic E-state index is 0.502. The highest BCUT2D eigenvalue weighted by Gasteiger charge is 2.02. The predicted octanol–water partition coefficient (Wildman–Crippen LogP) is 4.21. The van der Waals surface area contributed by atoms with Gasteiger partial charge in [-0.3, -0.25) is 4.98 Å². The topological polar surface area (TPSA) is 12.9 Å². The number of fused-ring (bicyclic) bond motifs is 1. The van der Waals surface area contributed by atoms with Crippen LogP contribution in [0.3, 0.4) is 0 Å². The summed E-state index contributed by atoms with van der Waals surface area (Å²) in [5, 5.41) is 2.32. The van der Waals surface area contributed by atoms with Gasteiger partial charge in [0, 0.05) is 28.1 Å². The molecule has 0 aliphatic carbocycles. The van der Waals surface area contributed by atoms with E-state index in [9.17, 15) is 0 Å². The Labute approximate surface area is 102 Å². The van der Waals surface area contributed by atoms with E-state index in [0.717, 1.165) is 15.4 Å². The number of allylic oxidation sites excluding steroid dienone is 1. The first kappa shape index (κ1) is 10.7. The molecule has 0 radical (unpaired) electrons. The van der Waals surface area contributed by atoms with Crippen LogP contribution in [0.1, 0.15) is 5.56 Å². The van der Waals surface area contributed by atoms with Crippen molar-refractivity contribution in [2.24, 2.45) is 0 Å². The summed E-state index contributed by atoms with van der Waals surface area (Å²) in [7, 11) is 0. The molecule has 1 aromatic heterocycles. The molecule has 0 fully saturated rings. The van der Waals surface area contributed by atoms with Crippen molar-refractivity contribution in [2.75, 3.05) is 5.88 Å². The summed E-state index contributed by atoms with van der Waals surface area (Å²) < 4.78 is 1.02. The molecule has 1 nitrogen and oxygen atoms in total. The quantitative estimate of drug-likeness (QED) is 0.752. The summed E-state index contributed by atoms with van der Waals surface area (Å²) in [4.78, 5) is 4.10. The monoisotopic (exact) mass is 281 g/mol. The van der Waals surface area contributed by atoms with Crippen LogP contribution in [0.5, 0.6) is 0 Å². The number of hydrogen-bond donors (Lipinski definition) is 0. The van der Waals surface area contributed by atoms with E-state index in [2.05, 4.69) is 27.0 Å². The van der Waals surface area contributed by atoms with Crippen molar-refractivity contribution in [3.05, 3.63) is 48.3 Å². The lowest BCUT2D eigenvalue weighted by Gasteiger charge is -2.04. The van der Waals surface area contributed by atoms with Crippen LogP contribution in [0.4, 0.5) is 0 Å². The third kappa shape index (κ3) is 2.21. The molecule has 0 saturated carbocycles. The number of halogens is 2. The van der Waals surface area contributed by atoms with Gasteiger partial charge in [-0.05, 0) is 17.0 Å². The van der Waals surface area contributed by atoms with Gasteiger partial charge in [0.05, 0.1) is 0 Å². The highest BCUT2D eigenvalue weighted by atomic mass is 79.9. The molecule has 0 aliphatic rings. The van der Waals surface area contributed by atoms with Crippen molar-refractivity contribution >= 4 is 42.8 Å². The lowest BCUT2D eigenvalue weighted by atomic mass is 10.1. The zero-order chi connectivity index (χ0) is 10.7. The molecule has 0 unspecified atom stereocenters. The van der Waals surface area contributed by atoms with Crippen molar-refractivity contribution in [3.8, 4) is 0 Å². The van der Waals surface area contributed by atoms with Crippen LogP contribution in [0, 0.1) is 0 Å². The van der Waals surface area contributed by atoms with E-state index in [1.807, 2.05) is 30.5 Å². The Bertz CT molecular complexity index is 502. The lowest BCUT2D eigenvalue weighted by Crippen LogP contribution is -1.82. The fourth-order valence-electron chi connectivity index (χ4n) is 1.51. The summed E-state index contributed by atoms with van der Waals surface area (Å²) in [5.41, 5.74) is 1.15. The van der Waals surface area contributed by atoms with Crippen LogP contribution in [0.15, 0.2) is 42.7 Å². The number of rotatable bonds is 2. The van der Waals surface area contributed by atoms with E-state index in [0.29, 0.717) is 5.88 Å². The van der Waals surface area contributed by atoms with Gasteiger partial charge in [0.25, 0.3) is 0 Å². The number of aromatic nitrogens is 1. The van der Waals surface area contributed by atoms with E-state index < -0.39 is 0 Å². The van der Waals surface area contributed by atoms with E-state index >= 15 is 0 Å². The summed E-state index contributed by atoms with van der Waals surface area (Å²) >= 11 is 9.20. The van der Waals surface area contributed by atoms with Gasteiger partial charge in [0.1, 0.15) is 0 Å². The Morgan fingerprint density at radius 1 is 1.40 bits per heavy atom. The molecule has 2 aromatic rings. The van der Waals surface area contributed by atoms with Gasteiger partial charge in [-0.2, -0.15) is 0 Å². The molecule has 1 aromatic carbocycles. The minimum atomic E-state index is 0.502. The Hall–Kier alpha value is -0.860. The zero-order valence-corrected chi connectivity index (χ0v) is 10.3. The molecule has 0 spiro atoms. The van der Waals surface area contributed by atoms with Crippen LogP contribution in [0.2, 0.25) is 0 Å². The number of nitrogens with zero attached hydrogens (tertiary/aromatic N) is 1. The SMILES string of the molecule is ClCC=C(Br)c1cccc2cnccc12. The average molecular weight is 283 g/mol. The first-order valence-corrected chi connectivity index (χ1v) is 5.90. The molecule has 76 valence electrons. The smallest absolute Gasteiger partial charge is 0.0418 e. The third-order valence-electron chi connectivity index (χ3n) is 2.19. The molecule has 0 saturated heterocycles. The predicted molar refractivity (Wildman–Crippen MR) is 69.4 cm³/mol. The molecule has 0 amide bonds. The van der Waals surface area contributed by atoms with Crippen molar-refractivity contribution in [3.63, 3.8) is 0 Å².